The van der Waals surface area contributed by atoms with Crippen LogP contribution in [0.1, 0.15) is 61.6 Å². The number of furan rings is 1. The van der Waals surface area contributed by atoms with E-state index >= 15 is 0 Å². The van der Waals surface area contributed by atoms with Crippen molar-refractivity contribution in [3.8, 4) is 0 Å². The highest BCUT2D eigenvalue weighted by atomic mass is 16.3. The number of hydrogen-bond donors (Lipinski definition) is 2. The summed E-state index contributed by atoms with van der Waals surface area (Å²) in [5.74, 6) is 2.10. The predicted molar refractivity (Wildman–Crippen MR) is 103 cm³/mol. The molecule has 5 nitrogen and oxygen atoms in total. The highest BCUT2D eigenvalue weighted by molar-refractivity contribution is 6.01. The molecule has 0 radical (unpaired) electrons. The van der Waals surface area contributed by atoms with Crippen LogP contribution in [-0.4, -0.2) is 17.4 Å². The summed E-state index contributed by atoms with van der Waals surface area (Å²) in [6.45, 7) is 4.04. The Labute approximate surface area is 155 Å². The Morgan fingerprint density at radius 2 is 2.04 bits per heavy atom. The quantitative estimate of drug-likeness (QED) is 0.711. The molecule has 2 heterocycles. The van der Waals surface area contributed by atoms with Crippen molar-refractivity contribution in [2.24, 2.45) is 11.8 Å². The van der Waals surface area contributed by atoms with Crippen LogP contribution in [-0.2, 0) is 6.54 Å². The molecule has 140 valence electrons. The maximum Gasteiger partial charge on any atom is 0.292 e. The zero-order valence-corrected chi connectivity index (χ0v) is 15.5. The van der Waals surface area contributed by atoms with Gasteiger partial charge in [0.25, 0.3) is 5.91 Å². The third-order valence-electron chi connectivity index (χ3n) is 5.35. The van der Waals surface area contributed by atoms with E-state index in [9.17, 15) is 4.79 Å². The Morgan fingerprint density at radius 1 is 1.23 bits per heavy atom. The molecule has 0 bridgehead atoms. The summed E-state index contributed by atoms with van der Waals surface area (Å²) in [4.78, 5) is 16.5. The SMILES string of the molecule is CC(CNCc1cccnc1NC(=O)c1ccco1)C1CCCCCC1. The number of aromatic nitrogens is 1. The summed E-state index contributed by atoms with van der Waals surface area (Å²) < 4.78 is 5.14. The van der Waals surface area contributed by atoms with Gasteiger partial charge in [0.05, 0.1) is 6.26 Å². The number of nitrogens with zero attached hydrogens (tertiary/aromatic N) is 1. The predicted octanol–water partition coefficient (Wildman–Crippen LogP) is 4.62. The largest absolute Gasteiger partial charge is 0.459 e. The van der Waals surface area contributed by atoms with Crippen LogP contribution in [0.2, 0.25) is 0 Å². The van der Waals surface area contributed by atoms with Crippen molar-refractivity contribution in [2.75, 3.05) is 11.9 Å². The highest BCUT2D eigenvalue weighted by Gasteiger charge is 2.19. The summed E-state index contributed by atoms with van der Waals surface area (Å²) in [7, 11) is 0. The van der Waals surface area contributed by atoms with Crippen molar-refractivity contribution in [3.63, 3.8) is 0 Å². The fraction of sp³-hybridized carbons (Fsp3) is 0.524. The van der Waals surface area contributed by atoms with Crippen LogP contribution in [0.5, 0.6) is 0 Å². The van der Waals surface area contributed by atoms with Gasteiger partial charge in [-0.3, -0.25) is 4.79 Å². The Morgan fingerprint density at radius 3 is 2.77 bits per heavy atom. The van der Waals surface area contributed by atoms with Crippen molar-refractivity contribution in [1.29, 1.82) is 0 Å². The van der Waals surface area contributed by atoms with Crippen molar-refractivity contribution in [1.82, 2.24) is 10.3 Å². The number of carbonyl (C=O) groups is 1. The lowest BCUT2D eigenvalue weighted by molar-refractivity contribution is 0.0996. The lowest BCUT2D eigenvalue weighted by atomic mass is 9.87. The molecule has 1 aliphatic rings. The Balaban J connectivity index is 1.52. The lowest BCUT2D eigenvalue weighted by Gasteiger charge is -2.23. The molecule has 1 aliphatic carbocycles. The van der Waals surface area contributed by atoms with E-state index in [4.69, 9.17) is 4.42 Å². The molecule has 5 heteroatoms. The van der Waals surface area contributed by atoms with Crippen LogP contribution in [0, 0.1) is 11.8 Å². The number of amides is 1. The van der Waals surface area contributed by atoms with Gasteiger partial charge in [-0.25, -0.2) is 4.98 Å². The molecule has 0 aliphatic heterocycles. The third-order valence-corrected chi connectivity index (χ3v) is 5.35. The topological polar surface area (TPSA) is 67.2 Å². The van der Waals surface area contributed by atoms with Gasteiger partial charge in [0, 0.05) is 18.3 Å². The third kappa shape index (κ3) is 5.18. The van der Waals surface area contributed by atoms with Gasteiger partial charge in [0.15, 0.2) is 5.76 Å². The van der Waals surface area contributed by atoms with Crippen LogP contribution in [0.3, 0.4) is 0 Å². The van der Waals surface area contributed by atoms with E-state index in [1.165, 1.54) is 44.8 Å². The maximum absolute atomic E-state index is 12.2. The van der Waals surface area contributed by atoms with E-state index in [0.29, 0.717) is 18.3 Å². The fourth-order valence-electron chi connectivity index (χ4n) is 3.75. The Kier molecular flexibility index (Phi) is 6.83. The second kappa shape index (κ2) is 9.53. The van der Waals surface area contributed by atoms with E-state index in [-0.39, 0.29) is 11.7 Å². The molecule has 2 N–H and O–H groups in total. The zero-order valence-electron chi connectivity index (χ0n) is 15.5. The van der Waals surface area contributed by atoms with E-state index < -0.39 is 0 Å². The average molecular weight is 355 g/mol. The van der Waals surface area contributed by atoms with E-state index in [0.717, 1.165) is 18.0 Å². The summed E-state index contributed by atoms with van der Waals surface area (Å²) in [5, 5.41) is 6.39. The molecule has 1 saturated carbocycles. The summed E-state index contributed by atoms with van der Waals surface area (Å²) in [6, 6.07) is 7.23. The highest BCUT2D eigenvalue weighted by Crippen LogP contribution is 2.28. The minimum absolute atomic E-state index is 0.276. The van der Waals surface area contributed by atoms with Crippen molar-refractivity contribution < 1.29 is 9.21 Å². The molecular formula is C21H29N3O2. The van der Waals surface area contributed by atoms with Crippen LogP contribution in [0.25, 0.3) is 0 Å². The number of anilines is 1. The van der Waals surface area contributed by atoms with E-state index in [1.54, 1.807) is 18.3 Å². The first-order chi connectivity index (χ1) is 12.7. The summed E-state index contributed by atoms with van der Waals surface area (Å²) in [5.41, 5.74) is 0.987. The van der Waals surface area contributed by atoms with Crippen molar-refractivity contribution in [3.05, 3.63) is 48.0 Å². The van der Waals surface area contributed by atoms with E-state index in [2.05, 4.69) is 22.5 Å². The smallest absolute Gasteiger partial charge is 0.292 e. The average Bonchev–Trinajstić information content (AvgIpc) is 3.06. The molecular weight excluding hydrogens is 326 g/mol. The maximum atomic E-state index is 12.2. The van der Waals surface area contributed by atoms with Crippen LogP contribution in [0.15, 0.2) is 41.1 Å². The molecule has 1 amide bonds. The minimum Gasteiger partial charge on any atom is -0.459 e. The van der Waals surface area contributed by atoms with Gasteiger partial charge in [-0.2, -0.15) is 0 Å². The second-order valence-electron chi connectivity index (χ2n) is 7.30. The van der Waals surface area contributed by atoms with Crippen molar-refractivity contribution >= 4 is 11.7 Å². The molecule has 1 fully saturated rings. The summed E-state index contributed by atoms with van der Waals surface area (Å²) >= 11 is 0. The monoisotopic (exact) mass is 355 g/mol. The molecule has 0 spiro atoms. The first kappa shape index (κ1) is 18.6. The van der Waals surface area contributed by atoms with Crippen molar-refractivity contribution in [2.45, 2.75) is 52.0 Å². The zero-order chi connectivity index (χ0) is 18.2. The Hall–Kier alpha value is -2.14. The molecule has 3 rings (SSSR count). The molecule has 2 aromatic heterocycles. The van der Waals surface area contributed by atoms with Gasteiger partial charge in [0.1, 0.15) is 5.82 Å². The van der Waals surface area contributed by atoms with Gasteiger partial charge in [-0.1, -0.05) is 51.5 Å². The number of carbonyl (C=O) groups excluding carboxylic acids is 1. The molecule has 2 aromatic rings. The van der Waals surface area contributed by atoms with Crippen LogP contribution in [0.4, 0.5) is 5.82 Å². The molecule has 26 heavy (non-hydrogen) atoms. The standard InChI is InChI=1S/C21H29N3O2/c1-16(17-8-4-2-3-5-9-17)14-22-15-18-10-6-12-23-20(18)24-21(25)19-11-7-13-26-19/h6-7,10-13,16-17,22H,2-5,8-9,14-15H2,1H3,(H,23,24,25). The number of pyridine rings is 1. The van der Waals surface area contributed by atoms with Gasteiger partial charge in [-0.05, 0) is 36.6 Å². The molecule has 1 atom stereocenters. The van der Waals surface area contributed by atoms with Gasteiger partial charge < -0.3 is 15.1 Å². The lowest BCUT2D eigenvalue weighted by Crippen LogP contribution is -2.26. The molecule has 0 saturated heterocycles. The Bertz CT molecular complexity index is 676. The second-order valence-corrected chi connectivity index (χ2v) is 7.30. The van der Waals surface area contributed by atoms with Gasteiger partial charge in [-0.15, -0.1) is 0 Å². The normalized spacial score (nSPS) is 16.8. The van der Waals surface area contributed by atoms with Gasteiger partial charge >= 0.3 is 0 Å². The van der Waals surface area contributed by atoms with E-state index in [1.807, 2.05) is 12.1 Å². The van der Waals surface area contributed by atoms with Gasteiger partial charge in [0.2, 0.25) is 0 Å². The fourth-order valence-corrected chi connectivity index (χ4v) is 3.75. The van der Waals surface area contributed by atoms with Crippen LogP contribution < -0.4 is 10.6 Å². The van der Waals surface area contributed by atoms with Crippen LogP contribution >= 0.6 is 0 Å². The number of rotatable bonds is 7. The summed E-state index contributed by atoms with van der Waals surface area (Å²) in [6.07, 6.45) is 11.4. The minimum atomic E-state index is -0.276. The number of hydrogen-bond acceptors (Lipinski definition) is 4. The molecule has 0 aromatic carbocycles. The first-order valence-electron chi connectivity index (χ1n) is 9.73. The number of nitrogens with one attached hydrogen (secondary N) is 2. The molecule has 1 unspecified atom stereocenters. The first-order valence-corrected chi connectivity index (χ1v) is 9.73.